The van der Waals surface area contributed by atoms with Crippen molar-refractivity contribution in [3.63, 3.8) is 0 Å². The van der Waals surface area contributed by atoms with Gasteiger partial charge in [-0.05, 0) is 17.9 Å². The molecule has 0 amide bonds. The minimum Gasteiger partial charge on any atom is -0.385 e. The molecule has 21 heavy (non-hydrogen) atoms. The van der Waals surface area contributed by atoms with Crippen LogP contribution < -0.4 is 5.32 Å². The van der Waals surface area contributed by atoms with Gasteiger partial charge in [-0.3, -0.25) is 10.1 Å². The highest BCUT2D eigenvalue weighted by molar-refractivity contribution is 5.56. The van der Waals surface area contributed by atoms with Gasteiger partial charge in [-0.1, -0.05) is 0 Å². The molecule has 0 saturated carbocycles. The Morgan fingerprint density at radius 3 is 2.57 bits per heavy atom. The topological polar surface area (TPSA) is 116 Å². The van der Waals surface area contributed by atoms with Crippen LogP contribution in [-0.2, 0) is 6.54 Å². The lowest BCUT2D eigenvalue weighted by Gasteiger charge is -2.09. The summed E-state index contributed by atoms with van der Waals surface area (Å²) in [5.74, 6) is -0.259. The van der Waals surface area contributed by atoms with Gasteiger partial charge in [0.15, 0.2) is 0 Å². The number of nitro benzene ring substituents is 1. The first-order valence-electron chi connectivity index (χ1n) is 6.20. The largest absolute Gasteiger partial charge is 0.389 e. The van der Waals surface area contributed by atoms with Crippen LogP contribution in [0.1, 0.15) is 12.5 Å². The maximum absolute atomic E-state index is 10.8. The van der Waals surface area contributed by atoms with E-state index in [1.165, 1.54) is 29.1 Å². The molecule has 0 saturated heterocycles. The monoisotopic (exact) mass is 291 g/mol. The zero-order chi connectivity index (χ0) is 15.4. The third-order valence-electron chi connectivity index (χ3n) is 2.81. The van der Waals surface area contributed by atoms with Crippen LogP contribution in [0.2, 0.25) is 0 Å². The molecular formula is C12H13N5O4. The Kier molecular flexibility index (Phi) is 4.12. The Morgan fingerprint density at radius 2 is 2.00 bits per heavy atom. The van der Waals surface area contributed by atoms with E-state index in [1.807, 2.05) is 6.92 Å². The van der Waals surface area contributed by atoms with Crippen molar-refractivity contribution in [3.8, 4) is 0 Å². The second-order valence-electron chi connectivity index (χ2n) is 4.26. The van der Waals surface area contributed by atoms with E-state index in [4.69, 9.17) is 0 Å². The van der Waals surface area contributed by atoms with Gasteiger partial charge >= 0.3 is 5.82 Å². The smallest absolute Gasteiger partial charge is 0.385 e. The number of hydrogen-bond acceptors (Lipinski definition) is 6. The van der Waals surface area contributed by atoms with E-state index in [0.717, 1.165) is 5.69 Å². The van der Waals surface area contributed by atoms with Crippen LogP contribution in [0, 0.1) is 20.2 Å². The summed E-state index contributed by atoms with van der Waals surface area (Å²) < 4.78 is 1.37. The summed E-state index contributed by atoms with van der Waals surface area (Å²) in [5, 5.41) is 28.3. The zero-order valence-corrected chi connectivity index (χ0v) is 11.2. The van der Waals surface area contributed by atoms with E-state index >= 15 is 0 Å². The van der Waals surface area contributed by atoms with E-state index in [2.05, 4.69) is 10.4 Å². The van der Waals surface area contributed by atoms with E-state index in [-0.39, 0.29) is 18.1 Å². The summed E-state index contributed by atoms with van der Waals surface area (Å²) in [6, 6.07) is 5.75. The number of non-ortho nitro benzene ring substituents is 1. The Morgan fingerprint density at radius 1 is 1.24 bits per heavy atom. The third kappa shape index (κ3) is 3.32. The summed E-state index contributed by atoms with van der Waals surface area (Å²) >= 11 is 0. The number of rotatable bonds is 6. The number of benzene rings is 1. The summed E-state index contributed by atoms with van der Waals surface area (Å²) in [7, 11) is 0. The van der Waals surface area contributed by atoms with Gasteiger partial charge < -0.3 is 15.4 Å². The van der Waals surface area contributed by atoms with Crippen molar-refractivity contribution in [3.05, 3.63) is 56.3 Å². The SMILES string of the molecule is CCNc1ccc([N+](=O)[O-])cc1Cn1ccc([N+](=O)[O-])n1. The van der Waals surface area contributed by atoms with Crippen molar-refractivity contribution in [2.24, 2.45) is 0 Å². The first-order chi connectivity index (χ1) is 10.0. The Hall–Kier alpha value is -2.97. The van der Waals surface area contributed by atoms with Crippen LogP contribution in [0.15, 0.2) is 30.5 Å². The molecule has 0 aliphatic heterocycles. The van der Waals surface area contributed by atoms with Crippen LogP contribution in [0.25, 0.3) is 0 Å². The van der Waals surface area contributed by atoms with Crippen molar-refractivity contribution in [1.29, 1.82) is 0 Å². The first kappa shape index (κ1) is 14.4. The molecule has 9 nitrogen and oxygen atoms in total. The molecule has 0 aliphatic carbocycles. The number of nitrogens with one attached hydrogen (secondary N) is 1. The molecule has 1 N–H and O–H groups in total. The highest BCUT2D eigenvalue weighted by Crippen LogP contribution is 2.23. The van der Waals surface area contributed by atoms with Gasteiger partial charge in [0.25, 0.3) is 5.69 Å². The van der Waals surface area contributed by atoms with Crippen LogP contribution in [-0.4, -0.2) is 26.2 Å². The average molecular weight is 291 g/mol. The fourth-order valence-electron chi connectivity index (χ4n) is 1.90. The highest BCUT2D eigenvalue weighted by atomic mass is 16.6. The summed E-state index contributed by atoms with van der Waals surface area (Å²) in [6.07, 6.45) is 1.46. The molecule has 1 heterocycles. The molecule has 2 rings (SSSR count). The lowest BCUT2D eigenvalue weighted by Crippen LogP contribution is -2.07. The lowest BCUT2D eigenvalue weighted by molar-refractivity contribution is -0.389. The Labute approximate surface area is 119 Å². The van der Waals surface area contributed by atoms with Crippen LogP contribution in [0.3, 0.4) is 0 Å². The second kappa shape index (κ2) is 5.99. The van der Waals surface area contributed by atoms with Crippen LogP contribution in [0.5, 0.6) is 0 Å². The van der Waals surface area contributed by atoms with E-state index in [1.54, 1.807) is 6.07 Å². The molecule has 0 unspecified atom stereocenters. The van der Waals surface area contributed by atoms with Gasteiger partial charge in [-0.2, -0.15) is 4.68 Å². The molecular weight excluding hydrogens is 278 g/mol. The van der Waals surface area contributed by atoms with Gasteiger partial charge in [0.05, 0.1) is 28.8 Å². The minimum atomic E-state index is -0.588. The lowest BCUT2D eigenvalue weighted by atomic mass is 10.1. The average Bonchev–Trinajstić information content (AvgIpc) is 2.89. The second-order valence-corrected chi connectivity index (χ2v) is 4.26. The molecule has 0 atom stereocenters. The third-order valence-corrected chi connectivity index (χ3v) is 2.81. The van der Waals surface area contributed by atoms with Gasteiger partial charge in [0.1, 0.15) is 0 Å². The minimum absolute atomic E-state index is 0.0340. The fraction of sp³-hybridized carbons (Fsp3) is 0.250. The summed E-state index contributed by atoms with van der Waals surface area (Å²) in [4.78, 5) is 20.4. The summed E-state index contributed by atoms with van der Waals surface area (Å²) in [6.45, 7) is 2.77. The molecule has 1 aromatic heterocycles. The number of hydrogen-bond donors (Lipinski definition) is 1. The highest BCUT2D eigenvalue weighted by Gasteiger charge is 2.15. The molecule has 0 fully saturated rings. The van der Waals surface area contributed by atoms with Gasteiger partial charge in [-0.25, -0.2) is 0 Å². The standard InChI is InChI=1S/C12H13N5O4/c1-2-13-11-4-3-10(16(18)19)7-9(11)8-15-6-5-12(14-15)17(20)21/h3-7,13H,2,8H2,1H3. The molecule has 0 aliphatic rings. The van der Waals surface area contributed by atoms with Crippen molar-refractivity contribution < 1.29 is 9.85 Å². The molecule has 110 valence electrons. The zero-order valence-electron chi connectivity index (χ0n) is 11.2. The van der Waals surface area contributed by atoms with Crippen LogP contribution in [0.4, 0.5) is 17.2 Å². The molecule has 0 radical (unpaired) electrons. The van der Waals surface area contributed by atoms with Crippen molar-refractivity contribution in [2.45, 2.75) is 13.5 Å². The number of anilines is 1. The first-order valence-corrected chi connectivity index (χ1v) is 6.20. The predicted octanol–water partition coefficient (Wildman–Crippen LogP) is 2.18. The van der Waals surface area contributed by atoms with E-state index < -0.39 is 9.85 Å². The normalized spacial score (nSPS) is 10.3. The molecule has 2 aromatic rings. The number of nitro groups is 2. The fourth-order valence-corrected chi connectivity index (χ4v) is 1.90. The number of aromatic nitrogens is 2. The van der Waals surface area contributed by atoms with Crippen molar-refractivity contribution in [1.82, 2.24) is 9.78 Å². The maximum Gasteiger partial charge on any atom is 0.389 e. The maximum atomic E-state index is 10.8. The van der Waals surface area contributed by atoms with E-state index in [9.17, 15) is 20.2 Å². The molecule has 1 aromatic carbocycles. The molecule has 9 heteroatoms. The quantitative estimate of drug-likeness (QED) is 0.644. The number of nitrogens with zero attached hydrogens (tertiary/aromatic N) is 4. The molecule has 0 spiro atoms. The van der Waals surface area contributed by atoms with Gasteiger partial charge in [0, 0.05) is 29.9 Å². The van der Waals surface area contributed by atoms with Crippen LogP contribution >= 0.6 is 0 Å². The van der Waals surface area contributed by atoms with E-state index in [0.29, 0.717) is 12.1 Å². The van der Waals surface area contributed by atoms with Crippen molar-refractivity contribution in [2.75, 3.05) is 11.9 Å². The summed E-state index contributed by atoms with van der Waals surface area (Å²) in [5.41, 5.74) is 1.35. The van der Waals surface area contributed by atoms with Gasteiger partial charge in [0.2, 0.25) is 0 Å². The predicted molar refractivity (Wildman–Crippen MR) is 75.2 cm³/mol. The van der Waals surface area contributed by atoms with Gasteiger partial charge in [-0.15, -0.1) is 0 Å². The molecule has 0 bridgehead atoms. The Balaban J connectivity index is 2.32. The van der Waals surface area contributed by atoms with Crippen molar-refractivity contribution >= 4 is 17.2 Å². The Bertz CT molecular complexity index is 682.